The van der Waals surface area contributed by atoms with Crippen molar-refractivity contribution < 1.29 is 28.7 Å². The van der Waals surface area contributed by atoms with Crippen LogP contribution in [-0.4, -0.2) is 81.1 Å². The Bertz CT molecular complexity index is 800. The van der Waals surface area contributed by atoms with Crippen LogP contribution in [0.5, 0.6) is 5.75 Å². The van der Waals surface area contributed by atoms with Crippen LogP contribution in [0.3, 0.4) is 0 Å². The lowest BCUT2D eigenvalue weighted by atomic mass is 10.1. The molecule has 2 atom stereocenters. The third-order valence-electron chi connectivity index (χ3n) is 4.78. The van der Waals surface area contributed by atoms with E-state index in [0.29, 0.717) is 25.3 Å². The van der Waals surface area contributed by atoms with Crippen molar-refractivity contribution in [1.29, 1.82) is 0 Å². The number of carbonyl (C=O) groups excluding carboxylic acids is 4. The number of methoxy groups -OCH3 is 1. The smallest absolute Gasteiger partial charge is 0.255 e. The van der Waals surface area contributed by atoms with Gasteiger partial charge in [-0.1, -0.05) is 12.1 Å². The van der Waals surface area contributed by atoms with Crippen molar-refractivity contribution in [1.82, 2.24) is 20.9 Å². The maximum atomic E-state index is 12.9. The van der Waals surface area contributed by atoms with Crippen molar-refractivity contribution in [2.45, 2.75) is 31.8 Å². The highest BCUT2D eigenvalue weighted by atomic mass is 16.5. The zero-order chi connectivity index (χ0) is 22.8. The maximum Gasteiger partial charge on any atom is 0.255 e. The number of para-hydroxylation sites is 1. The zero-order valence-corrected chi connectivity index (χ0v) is 18.1. The number of nitrogens with zero attached hydrogens (tertiary/aromatic N) is 1. The molecular formula is C21H30N4O6. The van der Waals surface area contributed by atoms with Gasteiger partial charge >= 0.3 is 0 Å². The molecule has 10 nitrogen and oxygen atoms in total. The number of nitrogens with one attached hydrogen (secondary N) is 3. The van der Waals surface area contributed by atoms with Gasteiger partial charge < -0.3 is 30.3 Å². The van der Waals surface area contributed by atoms with Gasteiger partial charge in [0.2, 0.25) is 17.7 Å². The Hall–Kier alpha value is -3.14. The molecule has 1 aromatic carbocycles. The van der Waals surface area contributed by atoms with Crippen molar-refractivity contribution in [2.75, 3.05) is 40.5 Å². The molecule has 0 fully saturated rings. The molecule has 0 saturated carbocycles. The molecule has 170 valence electrons. The van der Waals surface area contributed by atoms with Gasteiger partial charge in [0, 0.05) is 27.3 Å². The van der Waals surface area contributed by atoms with Crippen LogP contribution in [0.15, 0.2) is 24.3 Å². The topological polar surface area (TPSA) is 126 Å². The van der Waals surface area contributed by atoms with Crippen LogP contribution in [0.25, 0.3) is 0 Å². The van der Waals surface area contributed by atoms with Crippen LogP contribution in [0.4, 0.5) is 0 Å². The van der Waals surface area contributed by atoms with E-state index < -0.39 is 29.8 Å². The van der Waals surface area contributed by atoms with Crippen molar-refractivity contribution in [3.05, 3.63) is 29.8 Å². The first kappa shape index (κ1) is 24.1. The van der Waals surface area contributed by atoms with Gasteiger partial charge in [0.25, 0.3) is 5.91 Å². The average Bonchev–Trinajstić information content (AvgIpc) is 2.75. The molecule has 2 rings (SSSR count). The number of likely N-dealkylation sites (N-methyl/N-ethyl adjacent to an activating group) is 1. The van der Waals surface area contributed by atoms with Gasteiger partial charge in [-0.25, -0.2) is 0 Å². The normalized spacial score (nSPS) is 20.6. The molecular weight excluding hydrogens is 404 g/mol. The largest absolute Gasteiger partial charge is 0.491 e. The Morgan fingerprint density at radius 1 is 1.26 bits per heavy atom. The predicted molar refractivity (Wildman–Crippen MR) is 113 cm³/mol. The maximum absolute atomic E-state index is 12.9. The molecule has 3 N–H and O–H groups in total. The summed E-state index contributed by atoms with van der Waals surface area (Å²) < 4.78 is 10.7. The molecule has 1 aliphatic heterocycles. The Kier molecular flexibility index (Phi) is 9.26. The minimum atomic E-state index is -1.12. The first-order chi connectivity index (χ1) is 14.8. The summed E-state index contributed by atoms with van der Waals surface area (Å²) in [6.45, 7) is 2.81. The Morgan fingerprint density at radius 3 is 2.74 bits per heavy atom. The van der Waals surface area contributed by atoms with Crippen molar-refractivity contribution in [3.8, 4) is 5.75 Å². The number of rotatable bonds is 5. The monoisotopic (exact) mass is 434 g/mol. The second kappa shape index (κ2) is 11.9. The minimum Gasteiger partial charge on any atom is -0.491 e. The van der Waals surface area contributed by atoms with Crippen molar-refractivity contribution >= 4 is 23.6 Å². The molecule has 0 spiro atoms. The van der Waals surface area contributed by atoms with E-state index in [9.17, 15) is 19.2 Å². The Labute approximate surface area is 181 Å². The fourth-order valence-electron chi connectivity index (χ4n) is 3.06. The summed E-state index contributed by atoms with van der Waals surface area (Å²) in [5.41, 5.74) is 0.236. The van der Waals surface area contributed by atoms with E-state index in [4.69, 9.17) is 9.47 Å². The Morgan fingerprint density at radius 2 is 2.00 bits per heavy atom. The van der Waals surface area contributed by atoms with Crippen LogP contribution in [0.1, 0.15) is 30.1 Å². The number of hydrogen-bond acceptors (Lipinski definition) is 6. The van der Waals surface area contributed by atoms with E-state index in [2.05, 4.69) is 16.0 Å². The van der Waals surface area contributed by atoms with E-state index in [-0.39, 0.29) is 31.0 Å². The zero-order valence-electron chi connectivity index (χ0n) is 18.1. The van der Waals surface area contributed by atoms with Gasteiger partial charge in [-0.05, 0) is 25.5 Å². The van der Waals surface area contributed by atoms with Gasteiger partial charge in [0.1, 0.15) is 24.4 Å². The molecule has 4 amide bonds. The summed E-state index contributed by atoms with van der Waals surface area (Å²) in [7, 11) is 3.17. The molecule has 0 radical (unpaired) electrons. The first-order valence-corrected chi connectivity index (χ1v) is 10.2. The van der Waals surface area contributed by atoms with Crippen LogP contribution in [0, 0.1) is 0 Å². The predicted octanol–water partition coefficient (Wildman–Crippen LogP) is -0.317. The van der Waals surface area contributed by atoms with Gasteiger partial charge in [-0.2, -0.15) is 0 Å². The van der Waals surface area contributed by atoms with E-state index in [1.165, 1.54) is 4.90 Å². The van der Waals surface area contributed by atoms with E-state index in [1.54, 1.807) is 45.3 Å². The quantitative estimate of drug-likeness (QED) is 0.546. The number of benzene rings is 1. The summed E-state index contributed by atoms with van der Waals surface area (Å²) in [5.74, 6) is -1.51. The van der Waals surface area contributed by atoms with Crippen molar-refractivity contribution in [2.24, 2.45) is 0 Å². The highest BCUT2D eigenvalue weighted by Crippen LogP contribution is 2.18. The standard InChI is InChI=1S/C21H30N4O6/c1-14-21(29)25(2)10-12-31-17-8-5-4-7-15(17)19(27)24-16(13-18(26)23-14)20(28)22-9-6-11-30-3/h4-5,7-8,14,16H,6,9-13H2,1-3H3,(H,22,28)(H,23,26)(H,24,27)/t14-,16-/m0/s1. The van der Waals surface area contributed by atoms with Crippen LogP contribution >= 0.6 is 0 Å². The van der Waals surface area contributed by atoms with E-state index >= 15 is 0 Å². The highest BCUT2D eigenvalue weighted by Gasteiger charge is 2.28. The molecule has 0 aromatic heterocycles. The van der Waals surface area contributed by atoms with Crippen LogP contribution in [0.2, 0.25) is 0 Å². The summed E-state index contributed by atoms with van der Waals surface area (Å²) >= 11 is 0. The average molecular weight is 434 g/mol. The van der Waals surface area contributed by atoms with E-state index in [0.717, 1.165) is 0 Å². The number of fused-ring (bicyclic) bond motifs is 1. The fraction of sp³-hybridized carbons (Fsp3) is 0.524. The summed E-state index contributed by atoms with van der Waals surface area (Å²) in [6, 6.07) is 4.70. The number of ether oxygens (including phenoxy) is 2. The third-order valence-corrected chi connectivity index (χ3v) is 4.78. The summed E-state index contributed by atoms with van der Waals surface area (Å²) in [4.78, 5) is 51.9. The molecule has 0 bridgehead atoms. The molecule has 1 heterocycles. The van der Waals surface area contributed by atoms with Gasteiger partial charge in [0.05, 0.1) is 18.5 Å². The van der Waals surface area contributed by atoms with Crippen LogP contribution < -0.4 is 20.7 Å². The number of amides is 4. The molecule has 0 unspecified atom stereocenters. The fourth-order valence-corrected chi connectivity index (χ4v) is 3.06. The number of hydrogen-bond donors (Lipinski definition) is 3. The lowest BCUT2D eigenvalue weighted by Gasteiger charge is -2.25. The molecule has 1 aromatic rings. The molecule has 0 saturated heterocycles. The summed E-state index contributed by atoms with van der Waals surface area (Å²) in [5, 5.41) is 7.90. The lowest BCUT2D eigenvalue weighted by Crippen LogP contribution is -2.52. The minimum absolute atomic E-state index is 0.163. The first-order valence-electron chi connectivity index (χ1n) is 10.2. The second-order valence-electron chi connectivity index (χ2n) is 7.26. The van der Waals surface area contributed by atoms with E-state index in [1.807, 2.05) is 0 Å². The molecule has 0 aliphatic carbocycles. The molecule has 10 heteroatoms. The summed E-state index contributed by atoms with van der Waals surface area (Å²) in [6.07, 6.45) is 0.274. The second-order valence-corrected chi connectivity index (χ2v) is 7.26. The SMILES string of the molecule is COCCCNC(=O)[C@@H]1CC(=O)N[C@@H](C)C(=O)N(C)CCOc2ccccc2C(=O)N1. The van der Waals surface area contributed by atoms with Gasteiger partial charge in [-0.15, -0.1) is 0 Å². The highest BCUT2D eigenvalue weighted by molar-refractivity contribution is 6.01. The van der Waals surface area contributed by atoms with Gasteiger partial charge in [0.15, 0.2) is 0 Å². The van der Waals surface area contributed by atoms with Crippen LogP contribution in [-0.2, 0) is 19.1 Å². The number of carbonyl (C=O) groups is 4. The van der Waals surface area contributed by atoms with Gasteiger partial charge in [-0.3, -0.25) is 19.2 Å². The lowest BCUT2D eigenvalue weighted by molar-refractivity contribution is -0.135. The molecule has 31 heavy (non-hydrogen) atoms. The molecule has 1 aliphatic rings. The van der Waals surface area contributed by atoms with Crippen molar-refractivity contribution in [3.63, 3.8) is 0 Å². The Balaban J connectivity index is 2.25. The third kappa shape index (κ3) is 7.25.